The summed E-state index contributed by atoms with van der Waals surface area (Å²) in [7, 11) is 1.93. The van der Waals surface area contributed by atoms with Crippen molar-refractivity contribution in [2.45, 2.75) is 0 Å². The molecule has 2 N–H and O–H groups in total. The van der Waals surface area contributed by atoms with Crippen molar-refractivity contribution in [3.05, 3.63) is 141 Å². The summed E-state index contributed by atoms with van der Waals surface area (Å²) < 4.78 is 3.41. The molecule has 8 aromatic rings. The summed E-state index contributed by atoms with van der Waals surface area (Å²) in [6, 6.07) is 34.0. The van der Waals surface area contributed by atoms with Gasteiger partial charge in [0.2, 0.25) is 0 Å². The lowest BCUT2D eigenvalue weighted by molar-refractivity contribution is 0.0944. The van der Waals surface area contributed by atoms with Gasteiger partial charge in [-0.05, 0) is 66.4 Å². The quantitative estimate of drug-likeness (QED) is 0.143. The summed E-state index contributed by atoms with van der Waals surface area (Å²) in [4.78, 5) is 29.2. The predicted octanol–water partition coefficient (Wildman–Crippen LogP) is 9.80. The Morgan fingerprint density at radius 2 is 1.00 bits per heavy atom. The lowest BCUT2D eigenvalue weighted by Gasteiger charge is -2.17. The molecule has 2 aromatic heterocycles. The lowest BCUT2D eigenvalue weighted by atomic mass is 10.1. The molecule has 0 aliphatic heterocycles. The van der Waals surface area contributed by atoms with Crippen molar-refractivity contribution >= 4 is 114 Å². The zero-order valence-electron chi connectivity index (χ0n) is 29.2. The third kappa shape index (κ3) is 7.44. The first-order valence-corrected chi connectivity index (χ1v) is 18.7. The molecular formula is C41H32Cl5N7O2. The fourth-order valence-electron chi connectivity index (χ4n) is 6.75. The van der Waals surface area contributed by atoms with Crippen molar-refractivity contribution in [3.63, 3.8) is 0 Å². The molecule has 278 valence electrons. The van der Waals surface area contributed by atoms with Crippen LogP contribution in [0.2, 0.25) is 20.1 Å². The van der Waals surface area contributed by atoms with Crippen LogP contribution in [0.15, 0.2) is 109 Å². The third-order valence-corrected chi connectivity index (χ3v) is 10.5. The van der Waals surface area contributed by atoms with Gasteiger partial charge in [0, 0.05) is 57.8 Å². The second kappa shape index (κ2) is 16.1. The van der Waals surface area contributed by atoms with E-state index in [1.54, 1.807) is 45.8 Å². The first-order valence-electron chi connectivity index (χ1n) is 17.1. The SMILES string of the molecule is CN(CCNC(=O)c1nn(-c2ccc(Cl)cc2Cl)c2c1ccc1ccccc12)CCNC(=O)c1nn(-c2ccc(Cl)cc2Cl)c2c1ccc1ccccc12.Cl. The van der Waals surface area contributed by atoms with E-state index >= 15 is 0 Å². The predicted molar refractivity (Wildman–Crippen MR) is 227 cm³/mol. The molecule has 0 bridgehead atoms. The Kier molecular flexibility index (Phi) is 11.2. The number of hydrogen-bond donors (Lipinski definition) is 2. The molecule has 0 aliphatic carbocycles. The maximum atomic E-state index is 13.6. The summed E-state index contributed by atoms with van der Waals surface area (Å²) in [5.74, 6) is -0.617. The van der Waals surface area contributed by atoms with E-state index in [1.807, 2.05) is 84.7 Å². The maximum absolute atomic E-state index is 13.6. The molecule has 0 radical (unpaired) electrons. The molecule has 8 rings (SSSR count). The van der Waals surface area contributed by atoms with Gasteiger partial charge in [0.25, 0.3) is 11.8 Å². The molecule has 2 amide bonds. The van der Waals surface area contributed by atoms with Crippen molar-refractivity contribution in [3.8, 4) is 11.4 Å². The highest BCUT2D eigenvalue weighted by Gasteiger charge is 2.23. The van der Waals surface area contributed by atoms with Crippen LogP contribution < -0.4 is 10.6 Å². The molecule has 0 unspecified atom stereocenters. The number of likely N-dealkylation sites (N-methyl/N-ethyl adjacent to an activating group) is 1. The number of hydrogen-bond acceptors (Lipinski definition) is 5. The molecule has 0 fully saturated rings. The maximum Gasteiger partial charge on any atom is 0.272 e. The van der Waals surface area contributed by atoms with Crippen molar-refractivity contribution in [2.75, 3.05) is 33.2 Å². The molecule has 0 atom stereocenters. The summed E-state index contributed by atoms with van der Waals surface area (Å²) >= 11 is 25.6. The summed E-state index contributed by atoms with van der Waals surface area (Å²) in [6.45, 7) is 1.78. The number of fused-ring (bicyclic) bond motifs is 6. The van der Waals surface area contributed by atoms with Gasteiger partial charge in [0.1, 0.15) is 0 Å². The molecule has 2 heterocycles. The standard InChI is InChI=1S/C41H31Cl4N7O2.ClH/c1-50(20-18-46-40(53)36-30-14-10-24-6-2-4-8-28(24)38(30)51(48-36)34-16-12-26(42)22-32(34)44)21-19-47-41(54)37-31-15-11-25-7-3-5-9-29(25)39(31)52(49-37)35-17-13-27(43)23-33(35)45;/h2-17,22-23H,18-21H2,1H3,(H,46,53)(H,47,54);1H. The number of carbonyl (C=O) groups is 2. The zero-order valence-corrected chi connectivity index (χ0v) is 33.0. The summed E-state index contributed by atoms with van der Waals surface area (Å²) in [6.07, 6.45) is 0. The van der Waals surface area contributed by atoms with Crippen LogP contribution in [-0.4, -0.2) is 69.5 Å². The largest absolute Gasteiger partial charge is 0.349 e. The monoisotopic (exact) mass is 829 g/mol. The van der Waals surface area contributed by atoms with Gasteiger partial charge in [-0.15, -0.1) is 12.4 Å². The van der Waals surface area contributed by atoms with Crippen LogP contribution in [0.4, 0.5) is 0 Å². The van der Waals surface area contributed by atoms with E-state index < -0.39 is 0 Å². The molecule has 55 heavy (non-hydrogen) atoms. The Morgan fingerprint density at radius 3 is 1.42 bits per heavy atom. The van der Waals surface area contributed by atoms with E-state index in [4.69, 9.17) is 56.6 Å². The van der Waals surface area contributed by atoms with Gasteiger partial charge in [0.15, 0.2) is 11.4 Å². The van der Waals surface area contributed by atoms with Crippen molar-refractivity contribution < 1.29 is 9.59 Å². The highest BCUT2D eigenvalue weighted by Crippen LogP contribution is 2.35. The smallest absolute Gasteiger partial charge is 0.272 e. The normalized spacial score (nSPS) is 11.5. The molecule has 0 spiro atoms. The first-order chi connectivity index (χ1) is 26.2. The van der Waals surface area contributed by atoms with Crippen LogP contribution in [0.25, 0.3) is 54.7 Å². The second-order valence-corrected chi connectivity index (χ2v) is 14.6. The number of amides is 2. The van der Waals surface area contributed by atoms with Gasteiger partial charge < -0.3 is 15.5 Å². The van der Waals surface area contributed by atoms with E-state index in [9.17, 15) is 9.59 Å². The first kappa shape index (κ1) is 38.4. The van der Waals surface area contributed by atoms with Crippen molar-refractivity contribution in [1.29, 1.82) is 0 Å². The Bertz CT molecular complexity index is 2580. The van der Waals surface area contributed by atoms with Crippen LogP contribution in [0.5, 0.6) is 0 Å². The number of rotatable bonds is 10. The lowest BCUT2D eigenvalue weighted by Crippen LogP contribution is -2.37. The van der Waals surface area contributed by atoms with Crippen LogP contribution in [0.1, 0.15) is 21.0 Å². The van der Waals surface area contributed by atoms with Gasteiger partial charge >= 0.3 is 0 Å². The minimum absolute atomic E-state index is 0. The van der Waals surface area contributed by atoms with Crippen molar-refractivity contribution in [2.24, 2.45) is 0 Å². The number of halogens is 5. The molecule has 14 heteroatoms. The summed E-state index contributed by atoms with van der Waals surface area (Å²) in [5, 5.41) is 22.7. The number of carbonyl (C=O) groups excluding carboxylic acids is 2. The van der Waals surface area contributed by atoms with Crippen LogP contribution in [0.3, 0.4) is 0 Å². The van der Waals surface area contributed by atoms with E-state index in [2.05, 4.69) is 10.6 Å². The highest BCUT2D eigenvalue weighted by atomic mass is 35.5. The van der Waals surface area contributed by atoms with Gasteiger partial charge in [-0.3, -0.25) is 9.59 Å². The third-order valence-electron chi connectivity index (χ3n) is 9.40. The number of benzene rings is 6. The Balaban J connectivity index is 0.00000465. The fourth-order valence-corrected chi connectivity index (χ4v) is 7.72. The fraction of sp³-hybridized carbons (Fsp3) is 0.122. The van der Waals surface area contributed by atoms with E-state index in [-0.39, 0.29) is 35.6 Å². The zero-order chi connectivity index (χ0) is 37.5. The minimum atomic E-state index is -0.309. The van der Waals surface area contributed by atoms with Gasteiger partial charge in [-0.1, -0.05) is 107 Å². The number of nitrogens with one attached hydrogen (secondary N) is 2. The minimum Gasteiger partial charge on any atom is -0.349 e. The van der Waals surface area contributed by atoms with Gasteiger partial charge in [0.05, 0.1) is 32.5 Å². The topological polar surface area (TPSA) is 97.1 Å². The average Bonchev–Trinajstić information content (AvgIpc) is 3.75. The Hall–Kier alpha value is -4.87. The molecule has 9 nitrogen and oxygen atoms in total. The highest BCUT2D eigenvalue weighted by molar-refractivity contribution is 6.36. The molecule has 0 saturated carbocycles. The van der Waals surface area contributed by atoms with Crippen LogP contribution >= 0.6 is 58.8 Å². The van der Waals surface area contributed by atoms with E-state index in [0.717, 1.165) is 32.6 Å². The molecule has 0 aliphatic rings. The Labute approximate surface area is 342 Å². The van der Waals surface area contributed by atoms with E-state index in [0.29, 0.717) is 68.4 Å². The Morgan fingerprint density at radius 1 is 0.582 bits per heavy atom. The average molecular weight is 832 g/mol. The number of aromatic nitrogens is 4. The van der Waals surface area contributed by atoms with E-state index in [1.165, 1.54) is 0 Å². The molecule has 6 aromatic carbocycles. The summed E-state index contributed by atoms with van der Waals surface area (Å²) in [5.41, 5.74) is 3.36. The van der Waals surface area contributed by atoms with Gasteiger partial charge in [-0.2, -0.15) is 10.2 Å². The van der Waals surface area contributed by atoms with Gasteiger partial charge in [-0.25, -0.2) is 9.36 Å². The molecular weight excluding hydrogens is 800 g/mol. The number of nitrogens with zero attached hydrogens (tertiary/aromatic N) is 5. The molecule has 0 saturated heterocycles. The van der Waals surface area contributed by atoms with Crippen molar-refractivity contribution in [1.82, 2.24) is 35.1 Å². The second-order valence-electron chi connectivity index (χ2n) is 12.9. The van der Waals surface area contributed by atoms with Crippen LogP contribution in [-0.2, 0) is 0 Å². The van der Waals surface area contributed by atoms with Crippen LogP contribution in [0, 0.1) is 0 Å².